The number of aryl methyl sites for hydroxylation is 1. The van der Waals surface area contributed by atoms with Gasteiger partial charge in [0.2, 0.25) is 5.82 Å². The molecule has 0 aliphatic heterocycles. The highest BCUT2D eigenvalue weighted by Crippen LogP contribution is 2.40. The number of hydrogen-bond acceptors (Lipinski definition) is 1. The van der Waals surface area contributed by atoms with Gasteiger partial charge in [0, 0.05) is 5.56 Å². The van der Waals surface area contributed by atoms with Crippen LogP contribution in [0.1, 0.15) is 68.6 Å². The van der Waals surface area contributed by atoms with Gasteiger partial charge in [-0.1, -0.05) is 54.6 Å². The summed E-state index contributed by atoms with van der Waals surface area (Å²) in [6.45, 7) is 3.92. The van der Waals surface area contributed by atoms with Crippen LogP contribution in [0.2, 0.25) is 0 Å². The normalized spacial score (nSPS) is 18.1. The predicted molar refractivity (Wildman–Crippen MR) is 137 cm³/mol. The van der Waals surface area contributed by atoms with E-state index in [-0.39, 0.29) is 23.8 Å². The van der Waals surface area contributed by atoms with E-state index in [1.54, 1.807) is 37.3 Å². The van der Waals surface area contributed by atoms with E-state index in [4.69, 9.17) is 4.74 Å². The minimum absolute atomic E-state index is 0.0403. The molecule has 190 valence electrons. The van der Waals surface area contributed by atoms with E-state index >= 15 is 8.78 Å². The SMILES string of the molecule is C/C=C/c1ccc(-c2ccc(C3CCC(CCc4ccc(OCC)c(F)c4F)CC3)c(F)c2F)cc1. The first-order valence-electron chi connectivity index (χ1n) is 12.7. The highest BCUT2D eigenvalue weighted by atomic mass is 19.2. The Morgan fingerprint density at radius 1 is 0.806 bits per heavy atom. The van der Waals surface area contributed by atoms with Gasteiger partial charge >= 0.3 is 0 Å². The van der Waals surface area contributed by atoms with Crippen molar-refractivity contribution in [2.24, 2.45) is 5.92 Å². The summed E-state index contributed by atoms with van der Waals surface area (Å²) in [6, 6.07) is 13.8. The second-order valence-corrected chi connectivity index (χ2v) is 9.49. The lowest BCUT2D eigenvalue weighted by atomic mass is 9.76. The lowest BCUT2D eigenvalue weighted by Crippen LogP contribution is -2.16. The van der Waals surface area contributed by atoms with E-state index in [1.165, 1.54) is 6.07 Å². The Kier molecular flexibility index (Phi) is 8.50. The van der Waals surface area contributed by atoms with Crippen molar-refractivity contribution in [2.45, 2.75) is 58.3 Å². The maximum Gasteiger partial charge on any atom is 0.200 e. The number of ether oxygens (including phenoxy) is 1. The molecular weight excluding hydrogens is 464 g/mol. The Labute approximate surface area is 210 Å². The van der Waals surface area contributed by atoms with Crippen LogP contribution in [0.25, 0.3) is 17.2 Å². The van der Waals surface area contributed by atoms with Gasteiger partial charge in [0.15, 0.2) is 23.2 Å². The summed E-state index contributed by atoms with van der Waals surface area (Å²) in [5.74, 6) is -3.11. The zero-order valence-electron chi connectivity index (χ0n) is 20.8. The fourth-order valence-electron chi connectivity index (χ4n) is 5.22. The third-order valence-electron chi connectivity index (χ3n) is 7.23. The molecule has 1 nitrogen and oxygen atoms in total. The van der Waals surface area contributed by atoms with E-state index in [2.05, 4.69) is 0 Å². The second-order valence-electron chi connectivity index (χ2n) is 9.49. The number of allylic oxidation sites excluding steroid dienone is 1. The van der Waals surface area contributed by atoms with E-state index in [0.29, 0.717) is 29.0 Å². The summed E-state index contributed by atoms with van der Waals surface area (Å²) in [5, 5.41) is 0. The summed E-state index contributed by atoms with van der Waals surface area (Å²) in [6.07, 6.45) is 8.24. The van der Waals surface area contributed by atoms with Crippen molar-refractivity contribution in [1.82, 2.24) is 0 Å². The van der Waals surface area contributed by atoms with Crippen LogP contribution in [-0.2, 0) is 6.42 Å². The molecule has 0 heterocycles. The zero-order valence-corrected chi connectivity index (χ0v) is 20.8. The summed E-state index contributed by atoms with van der Waals surface area (Å²) in [4.78, 5) is 0. The van der Waals surface area contributed by atoms with Gasteiger partial charge in [0.25, 0.3) is 0 Å². The van der Waals surface area contributed by atoms with E-state index in [1.807, 2.05) is 31.2 Å². The quantitative estimate of drug-likeness (QED) is 0.282. The van der Waals surface area contributed by atoms with Crippen LogP contribution in [0.4, 0.5) is 17.6 Å². The van der Waals surface area contributed by atoms with E-state index < -0.39 is 23.3 Å². The van der Waals surface area contributed by atoms with Crippen LogP contribution in [0.5, 0.6) is 5.75 Å². The smallest absolute Gasteiger partial charge is 0.200 e. The molecule has 0 amide bonds. The maximum absolute atomic E-state index is 15.1. The lowest BCUT2D eigenvalue weighted by molar-refractivity contribution is 0.301. The molecule has 1 aliphatic rings. The minimum Gasteiger partial charge on any atom is -0.491 e. The molecule has 1 saturated carbocycles. The van der Waals surface area contributed by atoms with Crippen LogP contribution < -0.4 is 4.74 Å². The second kappa shape index (κ2) is 11.8. The molecule has 4 rings (SSSR count). The standard InChI is InChI=1S/C31H32F4O/c1-3-5-20-6-11-22(12-7-20)25-17-18-26(30(34)29(25)33)23-13-8-21(9-14-23)10-15-24-16-19-27(36-4-2)31(35)28(24)32/h3,5-7,11-12,16-19,21,23H,4,8-10,13-15H2,1-2H3/b5-3+. The largest absolute Gasteiger partial charge is 0.491 e. The van der Waals surface area contributed by atoms with E-state index in [0.717, 1.165) is 37.7 Å². The van der Waals surface area contributed by atoms with Crippen molar-refractivity contribution < 1.29 is 22.3 Å². The summed E-state index contributed by atoms with van der Waals surface area (Å²) in [5.41, 5.74) is 2.70. The zero-order chi connectivity index (χ0) is 25.7. The molecule has 0 bridgehead atoms. The van der Waals surface area contributed by atoms with Crippen molar-refractivity contribution in [3.63, 3.8) is 0 Å². The van der Waals surface area contributed by atoms with Crippen molar-refractivity contribution >= 4 is 6.08 Å². The topological polar surface area (TPSA) is 9.23 Å². The Bertz CT molecular complexity index is 1210. The third kappa shape index (κ3) is 5.66. The van der Waals surface area contributed by atoms with Gasteiger partial charge in [-0.05, 0) is 92.5 Å². The van der Waals surface area contributed by atoms with Crippen LogP contribution in [0.3, 0.4) is 0 Å². The van der Waals surface area contributed by atoms with Crippen LogP contribution in [-0.4, -0.2) is 6.61 Å². The van der Waals surface area contributed by atoms with Gasteiger partial charge in [-0.2, -0.15) is 4.39 Å². The Morgan fingerprint density at radius 3 is 2.19 bits per heavy atom. The van der Waals surface area contributed by atoms with Gasteiger partial charge in [0.05, 0.1) is 6.61 Å². The van der Waals surface area contributed by atoms with Gasteiger partial charge in [0.1, 0.15) is 0 Å². The molecule has 0 radical (unpaired) electrons. The monoisotopic (exact) mass is 496 g/mol. The molecule has 3 aromatic rings. The Balaban J connectivity index is 1.37. The first kappa shape index (κ1) is 26.0. The third-order valence-corrected chi connectivity index (χ3v) is 7.23. The lowest BCUT2D eigenvalue weighted by Gasteiger charge is -2.29. The number of rotatable bonds is 8. The maximum atomic E-state index is 15.1. The van der Waals surface area contributed by atoms with Crippen LogP contribution >= 0.6 is 0 Å². The van der Waals surface area contributed by atoms with Gasteiger partial charge < -0.3 is 4.74 Å². The first-order valence-corrected chi connectivity index (χ1v) is 12.7. The summed E-state index contributed by atoms with van der Waals surface area (Å²) in [7, 11) is 0. The van der Waals surface area contributed by atoms with Crippen molar-refractivity contribution in [3.05, 3.63) is 94.6 Å². The molecule has 0 aromatic heterocycles. The average molecular weight is 497 g/mol. The number of halogens is 4. The van der Waals surface area contributed by atoms with Gasteiger partial charge in [-0.3, -0.25) is 0 Å². The highest BCUT2D eigenvalue weighted by Gasteiger charge is 2.27. The van der Waals surface area contributed by atoms with Gasteiger partial charge in [-0.25, -0.2) is 13.2 Å². The predicted octanol–water partition coefficient (Wildman–Crippen LogP) is 9.25. The number of benzene rings is 3. The molecule has 3 aromatic carbocycles. The molecule has 5 heteroatoms. The molecule has 1 fully saturated rings. The molecular formula is C31H32F4O. The number of hydrogen-bond donors (Lipinski definition) is 0. The van der Waals surface area contributed by atoms with E-state index in [9.17, 15) is 8.78 Å². The minimum atomic E-state index is -0.937. The molecule has 0 spiro atoms. The molecule has 0 saturated heterocycles. The van der Waals surface area contributed by atoms with Crippen molar-refractivity contribution in [2.75, 3.05) is 6.61 Å². The molecule has 1 aliphatic carbocycles. The molecule has 36 heavy (non-hydrogen) atoms. The summed E-state index contributed by atoms with van der Waals surface area (Å²) < 4.78 is 63.7. The highest BCUT2D eigenvalue weighted by molar-refractivity contribution is 5.67. The van der Waals surface area contributed by atoms with Crippen molar-refractivity contribution in [1.29, 1.82) is 0 Å². The van der Waals surface area contributed by atoms with Crippen molar-refractivity contribution in [3.8, 4) is 16.9 Å². The molecule has 0 unspecified atom stereocenters. The van der Waals surface area contributed by atoms with Crippen LogP contribution in [0.15, 0.2) is 54.6 Å². The van der Waals surface area contributed by atoms with Crippen LogP contribution in [0, 0.1) is 29.2 Å². The molecule has 0 atom stereocenters. The first-order chi connectivity index (χ1) is 17.4. The Hall–Kier alpha value is -3.08. The molecule has 0 N–H and O–H groups in total. The van der Waals surface area contributed by atoms with Gasteiger partial charge in [-0.15, -0.1) is 0 Å². The Morgan fingerprint density at radius 2 is 1.53 bits per heavy atom. The average Bonchev–Trinajstić information content (AvgIpc) is 2.89. The fourth-order valence-corrected chi connectivity index (χ4v) is 5.22. The summed E-state index contributed by atoms with van der Waals surface area (Å²) >= 11 is 0. The fraction of sp³-hybridized carbons (Fsp3) is 0.355.